The Balaban J connectivity index is 2.52. The van der Waals surface area contributed by atoms with Gasteiger partial charge in [0.15, 0.2) is 0 Å². The summed E-state index contributed by atoms with van der Waals surface area (Å²) in [6, 6.07) is 3.85. The molecule has 0 radical (unpaired) electrons. The van der Waals surface area contributed by atoms with Gasteiger partial charge in [-0.15, -0.1) is 0 Å². The molecule has 4 nitrogen and oxygen atoms in total. The topological polar surface area (TPSA) is 49.4 Å². The zero-order chi connectivity index (χ0) is 15.7. The third-order valence-electron chi connectivity index (χ3n) is 3.61. The van der Waals surface area contributed by atoms with Crippen LogP contribution in [-0.2, 0) is 9.59 Å². The standard InChI is InChI=1S/C15H18Cl2N2O2/c1-4-11-15(21)19(13(8(2)3)14(20)18-11)12-6-5-9(16)7-10(12)17/h5-8,11,13H,4H2,1-3H3,(H,18,20). The number of piperazine rings is 1. The molecule has 0 saturated carbocycles. The molecular weight excluding hydrogens is 311 g/mol. The van der Waals surface area contributed by atoms with Gasteiger partial charge in [-0.25, -0.2) is 0 Å². The fourth-order valence-electron chi connectivity index (χ4n) is 2.56. The molecule has 1 aromatic rings. The summed E-state index contributed by atoms with van der Waals surface area (Å²) in [5.41, 5.74) is 0.526. The number of carbonyl (C=O) groups excluding carboxylic acids is 2. The van der Waals surface area contributed by atoms with E-state index in [0.29, 0.717) is 22.2 Å². The van der Waals surface area contributed by atoms with E-state index in [2.05, 4.69) is 5.32 Å². The first-order chi connectivity index (χ1) is 9.86. The molecular formula is C15H18Cl2N2O2. The summed E-state index contributed by atoms with van der Waals surface area (Å²) in [4.78, 5) is 26.5. The van der Waals surface area contributed by atoms with Crippen LogP contribution in [0, 0.1) is 5.92 Å². The number of hydrogen-bond acceptors (Lipinski definition) is 2. The Hall–Kier alpha value is -1.26. The molecule has 2 atom stereocenters. The molecule has 0 aliphatic carbocycles. The molecule has 1 fully saturated rings. The zero-order valence-electron chi connectivity index (χ0n) is 12.2. The number of nitrogens with one attached hydrogen (secondary N) is 1. The first-order valence-electron chi connectivity index (χ1n) is 6.95. The maximum atomic E-state index is 12.7. The van der Waals surface area contributed by atoms with Crippen molar-refractivity contribution in [3.05, 3.63) is 28.2 Å². The van der Waals surface area contributed by atoms with Crippen molar-refractivity contribution in [2.75, 3.05) is 4.90 Å². The number of anilines is 1. The van der Waals surface area contributed by atoms with Crippen molar-refractivity contribution in [3.63, 3.8) is 0 Å². The van der Waals surface area contributed by atoms with Gasteiger partial charge in [0.2, 0.25) is 11.8 Å². The van der Waals surface area contributed by atoms with Crippen LogP contribution in [0.4, 0.5) is 5.69 Å². The van der Waals surface area contributed by atoms with E-state index in [1.54, 1.807) is 18.2 Å². The molecule has 2 rings (SSSR count). The molecule has 1 N–H and O–H groups in total. The Morgan fingerprint density at radius 2 is 1.95 bits per heavy atom. The second-order valence-electron chi connectivity index (χ2n) is 5.46. The largest absolute Gasteiger partial charge is 0.342 e. The highest BCUT2D eigenvalue weighted by atomic mass is 35.5. The average molecular weight is 329 g/mol. The van der Waals surface area contributed by atoms with E-state index in [1.165, 1.54) is 4.90 Å². The lowest BCUT2D eigenvalue weighted by atomic mass is 9.95. The van der Waals surface area contributed by atoms with E-state index < -0.39 is 12.1 Å². The molecule has 0 aromatic heterocycles. The first-order valence-corrected chi connectivity index (χ1v) is 7.71. The summed E-state index contributed by atoms with van der Waals surface area (Å²) >= 11 is 12.1. The molecule has 1 aliphatic rings. The quantitative estimate of drug-likeness (QED) is 0.925. The number of rotatable bonds is 3. The number of hydrogen-bond donors (Lipinski definition) is 1. The van der Waals surface area contributed by atoms with E-state index in [9.17, 15) is 9.59 Å². The van der Waals surface area contributed by atoms with E-state index in [1.807, 2.05) is 20.8 Å². The average Bonchev–Trinajstić information content (AvgIpc) is 2.40. The Kier molecular flexibility index (Phi) is 4.79. The molecule has 1 aromatic carbocycles. The monoisotopic (exact) mass is 328 g/mol. The van der Waals surface area contributed by atoms with Gasteiger partial charge in [0, 0.05) is 5.02 Å². The number of carbonyl (C=O) groups is 2. The van der Waals surface area contributed by atoms with Crippen LogP contribution < -0.4 is 10.2 Å². The van der Waals surface area contributed by atoms with Crippen molar-refractivity contribution in [1.82, 2.24) is 5.32 Å². The van der Waals surface area contributed by atoms with Crippen LogP contribution in [0.2, 0.25) is 10.0 Å². The number of halogens is 2. The summed E-state index contributed by atoms with van der Waals surface area (Å²) < 4.78 is 0. The van der Waals surface area contributed by atoms with Gasteiger partial charge in [-0.05, 0) is 30.5 Å². The summed E-state index contributed by atoms with van der Waals surface area (Å²) in [5.74, 6) is -0.319. The maximum Gasteiger partial charge on any atom is 0.250 e. The SMILES string of the molecule is CCC1NC(=O)C(C(C)C)N(c2ccc(Cl)cc2Cl)C1=O. The lowest BCUT2D eigenvalue weighted by molar-refractivity contribution is -0.134. The molecule has 114 valence electrons. The fourth-order valence-corrected chi connectivity index (χ4v) is 3.06. The Morgan fingerprint density at radius 3 is 2.48 bits per heavy atom. The predicted molar refractivity (Wildman–Crippen MR) is 84.8 cm³/mol. The minimum atomic E-state index is -0.570. The minimum Gasteiger partial charge on any atom is -0.342 e. The van der Waals surface area contributed by atoms with Crippen molar-refractivity contribution in [3.8, 4) is 0 Å². The molecule has 1 heterocycles. The van der Waals surface area contributed by atoms with Crippen molar-refractivity contribution in [1.29, 1.82) is 0 Å². The second-order valence-corrected chi connectivity index (χ2v) is 6.31. The highest BCUT2D eigenvalue weighted by Gasteiger charge is 2.42. The molecule has 1 saturated heterocycles. The van der Waals surface area contributed by atoms with Crippen LogP contribution in [0.15, 0.2) is 18.2 Å². The van der Waals surface area contributed by atoms with Gasteiger partial charge in [0.05, 0.1) is 10.7 Å². The zero-order valence-corrected chi connectivity index (χ0v) is 13.7. The molecule has 0 spiro atoms. The maximum absolute atomic E-state index is 12.7. The van der Waals surface area contributed by atoms with Crippen molar-refractivity contribution in [2.24, 2.45) is 5.92 Å². The second kappa shape index (κ2) is 6.24. The smallest absolute Gasteiger partial charge is 0.250 e. The van der Waals surface area contributed by atoms with Crippen molar-refractivity contribution < 1.29 is 9.59 Å². The van der Waals surface area contributed by atoms with Gasteiger partial charge < -0.3 is 5.32 Å². The van der Waals surface area contributed by atoms with Gasteiger partial charge in [-0.3, -0.25) is 14.5 Å². The molecule has 21 heavy (non-hydrogen) atoms. The summed E-state index contributed by atoms with van der Waals surface area (Å²) in [5, 5.41) is 3.64. The van der Waals surface area contributed by atoms with Crippen molar-refractivity contribution in [2.45, 2.75) is 39.3 Å². The normalized spacial score (nSPS) is 22.7. The summed E-state index contributed by atoms with van der Waals surface area (Å²) in [6.45, 7) is 5.67. The minimum absolute atomic E-state index is 0.0292. The van der Waals surface area contributed by atoms with E-state index in [4.69, 9.17) is 23.2 Å². The van der Waals surface area contributed by atoms with E-state index in [-0.39, 0.29) is 17.7 Å². The van der Waals surface area contributed by atoms with Crippen LogP contribution in [0.1, 0.15) is 27.2 Å². The lowest BCUT2D eigenvalue weighted by Gasteiger charge is -2.40. The van der Waals surface area contributed by atoms with Crippen LogP contribution in [0.25, 0.3) is 0 Å². The van der Waals surface area contributed by atoms with Crippen LogP contribution >= 0.6 is 23.2 Å². The van der Waals surface area contributed by atoms with Gasteiger partial charge in [0.1, 0.15) is 12.1 Å². The molecule has 0 bridgehead atoms. The molecule has 2 amide bonds. The lowest BCUT2D eigenvalue weighted by Crippen LogP contribution is -2.65. The third kappa shape index (κ3) is 3.01. The molecule has 2 unspecified atom stereocenters. The van der Waals surface area contributed by atoms with E-state index >= 15 is 0 Å². The van der Waals surface area contributed by atoms with Crippen LogP contribution in [0.5, 0.6) is 0 Å². The van der Waals surface area contributed by atoms with Crippen molar-refractivity contribution >= 4 is 40.7 Å². The fraction of sp³-hybridized carbons (Fsp3) is 0.467. The summed E-state index contributed by atoms with van der Waals surface area (Å²) in [6.07, 6.45) is 0.539. The predicted octanol–water partition coefficient (Wildman–Crippen LogP) is 3.26. The number of amides is 2. The van der Waals surface area contributed by atoms with Gasteiger partial charge in [-0.1, -0.05) is 44.0 Å². The van der Waals surface area contributed by atoms with Gasteiger partial charge >= 0.3 is 0 Å². The number of nitrogens with zero attached hydrogens (tertiary/aromatic N) is 1. The van der Waals surface area contributed by atoms with Crippen LogP contribution in [-0.4, -0.2) is 23.9 Å². The molecule has 1 aliphatic heterocycles. The highest BCUT2D eigenvalue weighted by Crippen LogP contribution is 2.33. The first kappa shape index (κ1) is 16.1. The number of benzene rings is 1. The van der Waals surface area contributed by atoms with E-state index in [0.717, 1.165) is 0 Å². The van der Waals surface area contributed by atoms with Crippen LogP contribution in [0.3, 0.4) is 0 Å². The summed E-state index contributed by atoms with van der Waals surface area (Å²) in [7, 11) is 0. The molecule has 6 heteroatoms. The van der Waals surface area contributed by atoms with Gasteiger partial charge in [-0.2, -0.15) is 0 Å². The highest BCUT2D eigenvalue weighted by molar-refractivity contribution is 6.37. The Bertz CT molecular complexity index is 575. The third-order valence-corrected chi connectivity index (χ3v) is 4.15. The van der Waals surface area contributed by atoms with Gasteiger partial charge in [0.25, 0.3) is 0 Å². The Morgan fingerprint density at radius 1 is 1.29 bits per heavy atom. The Labute approximate surface area is 134 Å².